The fraction of sp³-hybridized carbons (Fsp3) is 0.0476. The van der Waals surface area contributed by atoms with E-state index in [2.05, 4.69) is 24.9 Å². The number of anilines is 1. The van der Waals surface area contributed by atoms with Crippen LogP contribution in [0.15, 0.2) is 58.8 Å². The van der Waals surface area contributed by atoms with Crippen LogP contribution < -0.4 is 5.32 Å². The highest BCUT2D eigenvalue weighted by Crippen LogP contribution is 2.40. The van der Waals surface area contributed by atoms with E-state index in [0.717, 1.165) is 17.1 Å². The van der Waals surface area contributed by atoms with E-state index in [0.29, 0.717) is 27.3 Å². The highest BCUT2D eigenvalue weighted by molar-refractivity contribution is 7.11. The average Bonchev–Trinajstić information content (AvgIpc) is 3.15. The number of phenolic OH excluding ortho intramolecular Hbond substituents is 1. The summed E-state index contributed by atoms with van der Waals surface area (Å²) < 4.78 is 4.19. The number of fused-ring (bicyclic) bond motifs is 1. The quantitative estimate of drug-likeness (QED) is 0.226. The number of halogens is 1. The molecule has 0 aliphatic rings. The molecule has 0 bridgehead atoms. The number of aromatic nitrogens is 2. The number of amides is 1. The minimum Gasteiger partial charge on any atom is -0.505 e. The lowest BCUT2D eigenvalue weighted by atomic mass is 10.0. The van der Waals surface area contributed by atoms with Crippen LogP contribution in [-0.4, -0.2) is 20.4 Å². The Morgan fingerprint density at radius 3 is 2.71 bits per heavy atom. The number of azo groups is 1. The van der Waals surface area contributed by atoms with E-state index in [-0.39, 0.29) is 28.1 Å². The molecule has 8 nitrogen and oxygen atoms in total. The first-order valence-electron chi connectivity index (χ1n) is 8.94. The first-order valence-corrected chi connectivity index (χ1v) is 10.1. The van der Waals surface area contributed by atoms with E-state index in [4.69, 9.17) is 11.6 Å². The summed E-state index contributed by atoms with van der Waals surface area (Å²) in [6.07, 6.45) is 0. The van der Waals surface area contributed by atoms with Crippen molar-refractivity contribution >= 4 is 56.4 Å². The molecular weight excluding hydrogens is 436 g/mol. The second-order valence-electron chi connectivity index (χ2n) is 6.43. The van der Waals surface area contributed by atoms with Crippen molar-refractivity contribution < 1.29 is 9.90 Å². The second-order valence-corrected chi connectivity index (χ2v) is 7.54. The second kappa shape index (κ2) is 8.47. The number of phenols is 1. The first kappa shape index (κ1) is 20.4. The van der Waals surface area contributed by atoms with Crippen LogP contribution in [0.25, 0.3) is 22.2 Å². The largest absolute Gasteiger partial charge is 0.505 e. The van der Waals surface area contributed by atoms with Crippen molar-refractivity contribution in [3.8, 4) is 22.9 Å². The Morgan fingerprint density at radius 2 is 2.00 bits per heavy atom. The van der Waals surface area contributed by atoms with Crippen molar-refractivity contribution in [2.45, 2.75) is 6.92 Å². The molecule has 1 amide bonds. The van der Waals surface area contributed by atoms with Gasteiger partial charge in [0.05, 0.1) is 22.3 Å². The molecule has 0 aliphatic heterocycles. The van der Waals surface area contributed by atoms with Crippen LogP contribution in [0.2, 0.25) is 5.15 Å². The van der Waals surface area contributed by atoms with Gasteiger partial charge in [0.25, 0.3) is 0 Å². The molecule has 2 heterocycles. The van der Waals surface area contributed by atoms with E-state index < -0.39 is 0 Å². The molecule has 152 valence electrons. The van der Waals surface area contributed by atoms with Gasteiger partial charge in [0, 0.05) is 12.5 Å². The van der Waals surface area contributed by atoms with Gasteiger partial charge in [0.15, 0.2) is 10.6 Å². The predicted molar refractivity (Wildman–Crippen MR) is 119 cm³/mol. The summed E-state index contributed by atoms with van der Waals surface area (Å²) >= 11 is 7.02. The van der Waals surface area contributed by atoms with Gasteiger partial charge in [-0.05, 0) is 35.3 Å². The molecule has 0 radical (unpaired) electrons. The Balaban J connectivity index is 1.79. The van der Waals surface area contributed by atoms with Crippen LogP contribution in [0.3, 0.4) is 0 Å². The molecule has 2 aromatic heterocycles. The molecule has 10 heteroatoms. The Morgan fingerprint density at radius 1 is 1.23 bits per heavy atom. The van der Waals surface area contributed by atoms with Gasteiger partial charge >= 0.3 is 0 Å². The van der Waals surface area contributed by atoms with Gasteiger partial charge in [-0.3, -0.25) is 4.79 Å². The summed E-state index contributed by atoms with van der Waals surface area (Å²) in [5.74, 6) is -0.398. The number of carbonyl (C=O) groups excluding carboxylic acids is 1. The van der Waals surface area contributed by atoms with Gasteiger partial charge in [-0.1, -0.05) is 41.9 Å². The van der Waals surface area contributed by atoms with E-state index in [1.807, 2.05) is 36.4 Å². The van der Waals surface area contributed by atoms with E-state index in [9.17, 15) is 15.2 Å². The molecule has 31 heavy (non-hydrogen) atoms. The van der Waals surface area contributed by atoms with Crippen molar-refractivity contribution in [1.29, 1.82) is 5.26 Å². The molecule has 0 spiro atoms. The smallest absolute Gasteiger partial charge is 0.221 e. The first-order chi connectivity index (χ1) is 15.0. The number of nitrogens with zero attached hydrogens (tertiary/aromatic N) is 5. The van der Waals surface area contributed by atoms with Crippen molar-refractivity contribution in [1.82, 2.24) is 9.36 Å². The van der Waals surface area contributed by atoms with Gasteiger partial charge in [-0.15, -0.1) is 10.2 Å². The van der Waals surface area contributed by atoms with Crippen LogP contribution in [0.5, 0.6) is 5.75 Å². The molecule has 2 aromatic carbocycles. The Labute approximate surface area is 185 Å². The summed E-state index contributed by atoms with van der Waals surface area (Å²) in [7, 11) is 0. The molecule has 0 saturated carbocycles. The van der Waals surface area contributed by atoms with Gasteiger partial charge in [-0.2, -0.15) is 9.64 Å². The lowest BCUT2D eigenvalue weighted by molar-refractivity contribution is -0.114. The zero-order valence-electron chi connectivity index (χ0n) is 16.0. The molecular formula is C21H13ClN6O2S. The Bertz CT molecular complexity index is 1380. The Hall–Kier alpha value is -3.87. The highest BCUT2D eigenvalue weighted by atomic mass is 35.5. The zero-order valence-corrected chi connectivity index (χ0v) is 17.6. The minimum atomic E-state index is -0.330. The van der Waals surface area contributed by atoms with Crippen molar-refractivity contribution in [2.24, 2.45) is 10.2 Å². The maximum Gasteiger partial charge on any atom is 0.221 e. The maximum absolute atomic E-state index is 11.6. The summed E-state index contributed by atoms with van der Waals surface area (Å²) in [6, 6.07) is 16.0. The number of hydrogen-bond donors (Lipinski definition) is 2. The van der Waals surface area contributed by atoms with Gasteiger partial charge in [-0.25, -0.2) is 4.98 Å². The standard InChI is InChI=1S/C21H13ClN6O2S/c1-11(29)24-17-9-14(8-15(18(17)30)12-5-3-2-4-6-12)26-27-21-16-7-13(10-23)19(22)25-20(16)28-31-21/h2-9,30H,1H3,(H,24,29)/b27-26+. The third-order valence-electron chi connectivity index (χ3n) is 4.27. The number of nitrogens with one attached hydrogen (secondary N) is 1. The summed E-state index contributed by atoms with van der Waals surface area (Å²) in [5, 5.41) is 32.0. The number of aromatic hydroxyl groups is 1. The van der Waals surface area contributed by atoms with Crippen LogP contribution in [0.1, 0.15) is 12.5 Å². The Kier molecular flexibility index (Phi) is 5.58. The number of pyridine rings is 1. The van der Waals surface area contributed by atoms with E-state index in [1.165, 1.54) is 13.0 Å². The lowest BCUT2D eigenvalue weighted by Crippen LogP contribution is -2.06. The van der Waals surface area contributed by atoms with Crippen molar-refractivity contribution in [2.75, 3.05) is 5.32 Å². The van der Waals surface area contributed by atoms with Crippen LogP contribution in [0, 0.1) is 11.3 Å². The fourth-order valence-electron chi connectivity index (χ4n) is 2.90. The minimum absolute atomic E-state index is 0.0684. The maximum atomic E-state index is 11.6. The summed E-state index contributed by atoms with van der Waals surface area (Å²) in [5.41, 5.74) is 2.47. The number of hydrogen-bond acceptors (Lipinski definition) is 8. The summed E-state index contributed by atoms with van der Waals surface area (Å²) in [4.78, 5) is 15.7. The van der Waals surface area contributed by atoms with Gasteiger partial charge in [0.1, 0.15) is 17.0 Å². The average molecular weight is 449 g/mol. The number of nitriles is 1. The van der Waals surface area contributed by atoms with Crippen molar-refractivity contribution in [3.05, 3.63) is 59.2 Å². The highest BCUT2D eigenvalue weighted by Gasteiger charge is 2.14. The number of benzene rings is 2. The van der Waals surface area contributed by atoms with Gasteiger partial charge in [0.2, 0.25) is 5.91 Å². The van der Waals surface area contributed by atoms with E-state index >= 15 is 0 Å². The normalized spacial score (nSPS) is 11.0. The molecule has 0 unspecified atom stereocenters. The van der Waals surface area contributed by atoms with E-state index in [1.54, 1.807) is 12.1 Å². The number of carbonyl (C=O) groups is 1. The summed E-state index contributed by atoms with van der Waals surface area (Å²) in [6.45, 7) is 1.35. The lowest BCUT2D eigenvalue weighted by Gasteiger charge is -2.11. The number of rotatable bonds is 4. The van der Waals surface area contributed by atoms with Gasteiger partial charge < -0.3 is 10.4 Å². The monoisotopic (exact) mass is 448 g/mol. The predicted octanol–water partition coefficient (Wildman–Crippen LogP) is 5.96. The molecule has 2 N–H and O–H groups in total. The molecule has 4 aromatic rings. The van der Waals surface area contributed by atoms with Crippen molar-refractivity contribution in [3.63, 3.8) is 0 Å². The third kappa shape index (κ3) is 4.21. The zero-order chi connectivity index (χ0) is 22.0. The molecule has 0 fully saturated rings. The molecule has 0 aliphatic carbocycles. The topological polar surface area (TPSA) is 124 Å². The molecule has 4 rings (SSSR count). The SMILES string of the molecule is CC(=O)Nc1cc(/N=N/c2snc3nc(Cl)c(C#N)cc23)cc(-c2ccccc2)c1O. The van der Waals surface area contributed by atoms with Crippen LogP contribution in [0.4, 0.5) is 16.4 Å². The molecule has 0 atom stereocenters. The van der Waals surface area contributed by atoms with Crippen LogP contribution >= 0.6 is 23.1 Å². The van der Waals surface area contributed by atoms with Crippen LogP contribution in [-0.2, 0) is 4.79 Å². The molecule has 0 saturated heterocycles. The third-order valence-corrected chi connectivity index (χ3v) is 5.30. The fourth-order valence-corrected chi connectivity index (χ4v) is 3.71.